The fourth-order valence-electron chi connectivity index (χ4n) is 2.60. The number of aryl methyl sites for hydroxylation is 1. The molecule has 0 atom stereocenters. The third-order valence-corrected chi connectivity index (χ3v) is 3.68. The first-order valence-electron chi connectivity index (χ1n) is 7.52. The minimum absolute atomic E-state index is 0.358. The summed E-state index contributed by atoms with van der Waals surface area (Å²) >= 11 is 0. The molecule has 4 heteroatoms. The maximum Gasteiger partial charge on any atom is 0.219 e. The van der Waals surface area contributed by atoms with Gasteiger partial charge in [0.1, 0.15) is 0 Å². The standard InChI is InChI=1S/C17H25N3O/c1-12(2)16-14(9-7-11-18)17(21-4)20(19-16)15-10-6-5-8-13(15)3/h5-6,8,10,12H,7,9,11,18H2,1-4H3. The summed E-state index contributed by atoms with van der Waals surface area (Å²) in [5, 5.41) is 4.82. The molecule has 0 amide bonds. The van der Waals surface area contributed by atoms with Gasteiger partial charge in [-0.05, 0) is 43.9 Å². The van der Waals surface area contributed by atoms with Crippen LogP contribution >= 0.6 is 0 Å². The normalized spacial score (nSPS) is 11.1. The quantitative estimate of drug-likeness (QED) is 0.887. The molecule has 0 aliphatic rings. The van der Waals surface area contributed by atoms with Gasteiger partial charge in [0.05, 0.1) is 18.5 Å². The van der Waals surface area contributed by atoms with Gasteiger partial charge in [0.2, 0.25) is 5.88 Å². The zero-order valence-corrected chi connectivity index (χ0v) is 13.4. The minimum Gasteiger partial charge on any atom is -0.481 e. The maximum absolute atomic E-state index is 5.67. The highest BCUT2D eigenvalue weighted by Crippen LogP contribution is 2.32. The van der Waals surface area contributed by atoms with Crippen LogP contribution in [-0.2, 0) is 6.42 Å². The van der Waals surface area contributed by atoms with E-state index < -0.39 is 0 Å². The third kappa shape index (κ3) is 3.10. The molecule has 2 N–H and O–H groups in total. The molecule has 0 fully saturated rings. The summed E-state index contributed by atoms with van der Waals surface area (Å²) in [6.45, 7) is 7.09. The SMILES string of the molecule is COc1c(CCCN)c(C(C)C)nn1-c1ccccc1C. The van der Waals surface area contributed by atoms with Crippen molar-refractivity contribution in [2.24, 2.45) is 5.73 Å². The second-order valence-electron chi connectivity index (χ2n) is 5.62. The van der Waals surface area contributed by atoms with Crippen LogP contribution in [0.5, 0.6) is 5.88 Å². The van der Waals surface area contributed by atoms with Crippen molar-refractivity contribution in [1.82, 2.24) is 9.78 Å². The van der Waals surface area contributed by atoms with Crippen molar-refractivity contribution in [1.29, 1.82) is 0 Å². The first-order valence-corrected chi connectivity index (χ1v) is 7.52. The van der Waals surface area contributed by atoms with Gasteiger partial charge < -0.3 is 10.5 Å². The fraction of sp³-hybridized carbons (Fsp3) is 0.471. The van der Waals surface area contributed by atoms with Crippen molar-refractivity contribution in [2.75, 3.05) is 13.7 Å². The molecule has 0 bridgehead atoms. The molecule has 4 nitrogen and oxygen atoms in total. The third-order valence-electron chi connectivity index (χ3n) is 3.68. The molecule has 21 heavy (non-hydrogen) atoms. The van der Waals surface area contributed by atoms with Crippen LogP contribution in [0.1, 0.15) is 43.0 Å². The lowest BCUT2D eigenvalue weighted by molar-refractivity contribution is 0.378. The summed E-state index contributed by atoms with van der Waals surface area (Å²) < 4.78 is 7.60. The molecule has 2 rings (SSSR count). The number of nitrogens with two attached hydrogens (primary N) is 1. The lowest BCUT2D eigenvalue weighted by Gasteiger charge is -2.10. The number of hydrogen-bond donors (Lipinski definition) is 1. The van der Waals surface area contributed by atoms with Crippen molar-refractivity contribution in [3.8, 4) is 11.6 Å². The zero-order valence-electron chi connectivity index (χ0n) is 13.4. The topological polar surface area (TPSA) is 53.1 Å². The largest absolute Gasteiger partial charge is 0.481 e. The van der Waals surface area contributed by atoms with E-state index in [0.717, 1.165) is 30.1 Å². The molecule has 114 valence electrons. The number of nitrogens with zero attached hydrogens (tertiary/aromatic N) is 2. The van der Waals surface area contributed by atoms with Gasteiger partial charge in [-0.3, -0.25) is 0 Å². The molecule has 0 saturated carbocycles. The molecule has 2 aromatic rings. The average molecular weight is 287 g/mol. The lowest BCUT2D eigenvalue weighted by atomic mass is 10.0. The van der Waals surface area contributed by atoms with Crippen LogP contribution in [0.15, 0.2) is 24.3 Å². The van der Waals surface area contributed by atoms with Gasteiger partial charge >= 0.3 is 0 Å². The summed E-state index contributed by atoms with van der Waals surface area (Å²) in [5.41, 5.74) is 10.2. The Morgan fingerprint density at radius 3 is 2.57 bits per heavy atom. The number of rotatable bonds is 6. The summed E-state index contributed by atoms with van der Waals surface area (Å²) in [4.78, 5) is 0. The van der Waals surface area contributed by atoms with Crippen LogP contribution in [-0.4, -0.2) is 23.4 Å². The Morgan fingerprint density at radius 1 is 1.29 bits per heavy atom. The van der Waals surface area contributed by atoms with Crippen molar-refractivity contribution in [3.05, 3.63) is 41.1 Å². The van der Waals surface area contributed by atoms with Gasteiger partial charge in [0.25, 0.3) is 0 Å². The monoisotopic (exact) mass is 287 g/mol. The molecule has 1 aromatic heterocycles. The molecule has 0 aliphatic carbocycles. The lowest BCUT2D eigenvalue weighted by Crippen LogP contribution is -2.04. The van der Waals surface area contributed by atoms with E-state index in [1.54, 1.807) is 7.11 Å². The van der Waals surface area contributed by atoms with E-state index >= 15 is 0 Å². The predicted molar refractivity (Wildman–Crippen MR) is 86.3 cm³/mol. The van der Waals surface area contributed by atoms with Gasteiger partial charge in [0, 0.05) is 5.56 Å². The first-order chi connectivity index (χ1) is 10.1. The highest BCUT2D eigenvalue weighted by molar-refractivity contribution is 5.46. The predicted octanol–water partition coefficient (Wildman–Crippen LogP) is 3.20. The number of para-hydroxylation sites is 1. The summed E-state index contributed by atoms with van der Waals surface area (Å²) in [7, 11) is 1.71. The Hall–Kier alpha value is -1.81. The maximum atomic E-state index is 5.67. The fourth-order valence-corrected chi connectivity index (χ4v) is 2.60. The molecular weight excluding hydrogens is 262 g/mol. The van der Waals surface area contributed by atoms with E-state index in [2.05, 4.69) is 32.9 Å². The highest BCUT2D eigenvalue weighted by Gasteiger charge is 2.21. The molecule has 1 aromatic carbocycles. The van der Waals surface area contributed by atoms with Crippen LogP contribution in [0, 0.1) is 6.92 Å². The van der Waals surface area contributed by atoms with Gasteiger partial charge in [0.15, 0.2) is 0 Å². The van der Waals surface area contributed by atoms with E-state index in [1.807, 2.05) is 16.8 Å². The van der Waals surface area contributed by atoms with Crippen molar-refractivity contribution < 1.29 is 4.74 Å². The smallest absolute Gasteiger partial charge is 0.219 e. The molecule has 1 heterocycles. The van der Waals surface area contributed by atoms with Crippen LogP contribution in [0.2, 0.25) is 0 Å². The molecule has 0 saturated heterocycles. The second-order valence-corrected chi connectivity index (χ2v) is 5.62. The van der Waals surface area contributed by atoms with E-state index in [-0.39, 0.29) is 0 Å². The Labute approximate surface area is 126 Å². The Kier molecular flexibility index (Phi) is 5.02. The molecule has 0 radical (unpaired) electrons. The van der Waals surface area contributed by atoms with E-state index in [1.165, 1.54) is 11.1 Å². The summed E-state index contributed by atoms with van der Waals surface area (Å²) in [6.07, 6.45) is 1.84. The molecular formula is C17H25N3O. The number of ether oxygens (including phenoxy) is 1. The van der Waals surface area contributed by atoms with Gasteiger partial charge in [-0.25, -0.2) is 4.68 Å². The number of methoxy groups -OCH3 is 1. The number of hydrogen-bond acceptors (Lipinski definition) is 3. The van der Waals surface area contributed by atoms with Crippen molar-refractivity contribution >= 4 is 0 Å². The minimum atomic E-state index is 0.358. The van der Waals surface area contributed by atoms with E-state index in [0.29, 0.717) is 12.5 Å². The van der Waals surface area contributed by atoms with E-state index in [4.69, 9.17) is 15.6 Å². The first kappa shape index (κ1) is 15.6. The average Bonchev–Trinajstić information content (AvgIpc) is 2.84. The van der Waals surface area contributed by atoms with Gasteiger partial charge in [-0.2, -0.15) is 5.10 Å². The second kappa shape index (κ2) is 6.76. The Morgan fingerprint density at radius 2 is 2.00 bits per heavy atom. The summed E-state index contributed by atoms with van der Waals surface area (Å²) in [6, 6.07) is 8.22. The Balaban J connectivity index is 2.59. The van der Waals surface area contributed by atoms with Crippen LogP contribution in [0.4, 0.5) is 0 Å². The number of aromatic nitrogens is 2. The number of benzene rings is 1. The van der Waals surface area contributed by atoms with Crippen LogP contribution < -0.4 is 10.5 Å². The van der Waals surface area contributed by atoms with Crippen LogP contribution in [0.25, 0.3) is 5.69 Å². The van der Waals surface area contributed by atoms with Gasteiger partial charge in [-0.15, -0.1) is 0 Å². The van der Waals surface area contributed by atoms with Gasteiger partial charge in [-0.1, -0.05) is 32.0 Å². The molecule has 0 spiro atoms. The van der Waals surface area contributed by atoms with Crippen LogP contribution in [0.3, 0.4) is 0 Å². The highest BCUT2D eigenvalue weighted by atomic mass is 16.5. The van der Waals surface area contributed by atoms with E-state index in [9.17, 15) is 0 Å². The zero-order chi connectivity index (χ0) is 15.4. The van der Waals surface area contributed by atoms with Crippen molar-refractivity contribution in [2.45, 2.75) is 39.5 Å². The van der Waals surface area contributed by atoms with Crippen molar-refractivity contribution in [3.63, 3.8) is 0 Å². The Bertz CT molecular complexity index is 602. The summed E-state index contributed by atoms with van der Waals surface area (Å²) in [5.74, 6) is 1.19. The molecule has 0 aliphatic heterocycles. The molecule has 0 unspecified atom stereocenters.